The number of nitrogens with one attached hydrogen (secondary N) is 1. The second kappa shape index (κ2) is 6.41. The van der Waals surface area contributed by atoms with Crippen LogP contribution in [0, 0.1) is 5.92 Å². The zero-order valence-electron chi connectivity index (χ0n) is 11.8. The first kappa shape index (κ1) is 13.7. The van der Waals surface area contributed by atoms with Gasteiger partial charge in [-0.2, -0.15) is 0 Å². The largest absolute Gasteiger partial charge is 0.336 e. The van der Waals surface area contributed by atoms with Crippen LogP contribution in [-0.4, -0.2) is 55.1 Å². The molecule has 18 heavy (non-hydrogen) atoms. The van der Waals surface area contributed by atoms with Gasteiger partial charge in [-0.1, -0.05) is 13.3 Å². The summed E-state index contributed by atoms with van der Waals surface area (Å²) >= 11 is 0. The Kier molecular flexibility index (Phi) is 4.87. The van der Waals surface area contributed by atoms with Gasteiger partial charge in [-0.05, 0) is 45.2 Å². The third-order valence-corrected chi connectivity index (χ3v) is 4.48. The first-order chi connectivity index (χ1) is 8.66. The van der Waals surface area contributed by atoms with Crippen LogP contribution in [0.5, 0.6) is 0 Å². The minimum Gasteiger partial charge on any atom is -0.336 e. The number of nitrogens with zero attached hydrogens (tertiary/aromatic N) is 2. The van der Waals surface area contributed by atoms with Gasteiger partial charge in [0.1, 0.15) is 0 Å². The molecule has 1 unspecified atom stereocenters. The van der Waals surface area contributed by atoms with Crippen molar-refractivity contribution in [2.24, 2.45) is 5.92 Å². The molecule has 0 aromatic heterocycles. The number of urea groups is 1. The van der Waals surface area contributed by atoms with Crippen molar-refractivity contribution < 1.29 is 4.79 Å². The van der Waals surface area contributed by atoms with Gasteiger partial charge in [0, 0.05) is 25.7 Å². The highest BCUT2D eigenvalue weighted by Crippen LogP contribution is 2.16. The lowest BCUT2D eigenvalue weighted by molar-refractivity contribution is 0.157. The van der Waals surface area contributed by atoms with E-state index in [4.69, 9.17) is 0 Å². The van der Waals surface area contributed by atoms with E-state index in [0.717, 1.165) is 38.4 Å². The first-order valence-electron chi connectivity index (χ1n) is 7.40. The van der Waals surface area contributed by atoms with Crippen molar-refractivity contribution in [1.82, 2.24) is 15.1 Å². The van der Waals surface area contributed by atoms with E-state index in [9.17, 15) is 4.79 Å². The summed E-state index contributed by atoms with van der Waals surface area (Å²) < 4.78 is 0. The standard InChI is InChI=1S/C14H27N3O/c1-12-6-9-17(10-7-12)14(18)15-11-13-5-3-4-8-16(13)2/h12-13H,3-11H2,1-2H3,(H,15,18). The van der Waals surface area contributed by atoms with Crippen LogP contribution in [0.25, 0.3) is 0 Å². The van der Waals surface area contributed by atoms with Crippen LogP contribution in [-0.2, 0) is 0 Å². The Balaban J connectivity index is 1.70. The Morgan fingerprint density at radius 3 is 2.56 bits per heavy atom. The van der Waals surface area contributed by atoms with Crippen molar-refractivity contribution >= 4 is 6.03 Å². The van der Waals surface area contributed by atoms with E-state index in [1.807, 2.05) is 4.90 Å². The predicted molar refractivity (Wildman–Crippen MR) is 73.6 cm³/mol. The Morgan fingerprint density at radius 1 is 1.17 bits per heavy atom. The summed E-state index contributed by atoms with van der Waals surface area (Å²) in [6, 6.07) is 0.673. The predicted octanol–water partition coefficient (Wildman–Crippen LogP) is 1.91. The number of carbonyl (C=O) groups excluding carboxylic acids is 1. The van der Waals surface area contributed by atoms with Crippen LogP contribution < -0.4 is 5.32 Å². The van der Waals surface area contributed by atoms with Crippen molar-refractivity contribution in [3.05, 3.63) is 0 Å². The average molecular weight is 253 g/mol. The van der Waals surface area contributed by atoms with Crippen LogP contribution in [0.2, 0.25) is 0 Å². The molecule has 0 aliphatic carbocycles. The number of hydrogen-bond acceptors (Lipinski definition) is 2. The van der Waals surface area contributed by atoms with E-state index < -0.39 is 0 Å². The summed E-state index contributed by atoms with van der Waals surface area (Å²) in [7, 11) is 2.17. The molecule has 2 aliphatic heterocycles. The molecule has 4 heteroatoms. The Hall–Kier alpha value is -0.770. The van der Waals surface area contributed by atoms with Crippen LogP contribution in [0.4, 0.5) is 4.79 Å². The van der Waals surface area contributed by atoms with Gasteiger partial charge in [0.15, 0.2) is 0 Å². The van der Waals surface area contributed by atoms with E-state index >= 15 is 0 Å². The molecule has 2 amide bonds. The second-order valence-corrected chi connectivity index (χ2v) is 5.99. The summed E-state index contributed by atoms with van der Waals surface area (Å²) in [6.07, 6.45) is 6.11. The zero-order chi connectivity index (χ0) is 13.0. The fourth-order valence-electron chi connectivity index (χ4n) is 2.93. The maximum atomic E-state index is 12.1. The molecule has 2 saturated heterocycles. The highest BCUT2D eigenvalue weighted by molar-refractivity contribution is 5.74. The summed E-state index contributed by atoms with van der Waals surface area (Å²) in [5.41, 5.74) is 0. The summed E-state index contributed by atoms with van der Waals surface area (Å²) in [5.74, 6) is 0.776. The second-order valence-electron chi connectivity index (χ2n) is 5.99. The van der Waals surface area contributed by atoms with E-state index in [1.165, 1.54) is 25.8 Å². The molecule has 2 heterocycles. The van der Waals surface area contributed by atoms with Crippen molar-refractivity contribution in [3.8, 4) is 0 Å². The van der Waals surface area contributed by atoms with Gasteiger partial charge in [-0.25, -0.2) is 4.79 Å². The fraction of sp³-hybridized carbons (Fsp3) is 0.929. The average Bonchev–Trinajstić information content (AvgIpc) is 2.38. The van der Waals surface area contributed by atoms with Gasteiger partial charge in [0.05, 0.1) is 0 Å². The number of piperidine rings is 2. The Bertz CT molecular complexity index is 274. The SMILES string of the molecule is CC1CCN(C(=O)NCC2CCCCN2C)CC1. The molecule has 2 fully saturated rings. The molecule has 4 nitrogen and oxygen atoms in total. The number of likely N-dealkylation sites (N-methyl/N-ethyl adjacent to an activating group) is 1. The Labute approximate surface area is 111 Å². The summed E-state index contributed by atoms with van der Waals surface area (Å²) in [6.45, 7) is 6.09. The molecule has 0 aromatic carbocycles. The lowest BCUT2D eigenvalue weighted by atomic mass is 9.99. The maximum absolute atomic E-state index is 12.1. The molecule has 104 valence electrons. The van der Waals surface area contributed by atoms with Gasteiger partial charge in [0.25, 0.3) is 0 Å². The van der Waals surface area contributed by atoms with Crippen molar-refractivity contribution in [2.45, 2.75) is 45.1 Å². The van der Waals surface area contributed by atoms with Gasteiger partial charge >= 0.3 is 6.03 Å². The summed E-state index contributed by atoms with van der Waals surface area (Å²) in [4.78, 5) is 16.4. The number of hydrogen-bond donors (Lipinski definition) is 1. The van der Waals surface area contributed by atoms with E-state index in [0.29, 0.717) is 6.04 Å². The lowest BCUT2D eigenvalue weighted by Crippen LogP contribution is -2.49. The zero-order valence-corrected chi connectivity index (χ0v) is 11.8. The molecular weight excluding hydrogens is 226 g/mol. The van der Waals surface area contributed by atoms with Gasteiger partial charge in [0.2, 0.25) is 0 Å². The minimum atomic E-state index is 0.140. The molecule has 0 saturated carbocycles. The molecule has 0 aromatic rings. The third kappa shape index (κ3) is 3.61. The molecule has 2 rings (SSSR count). The van der Waals surface area contributed by atoms with Crippen molar-refractivity contribution in [3.63, 3.8) is 0 Å². The molecule has 0 radical (unpaired) electrons. The smallest absolute Gasteiger partial charge is 0.317 e. The van der Waals surface area contributed by atoms with Crippen LogP contribution >= 0.6 is 0 Å². The maximum Gasteiger partial charge on any atom is 0.317 e. The lowest BCUT2D eigenvalue weighted by Gasteiger charge is -2.34. The normalized spacial score (nSPS) is 27.2. The number of rotatable bonds is 2. The van der Waals surface area contributed by atoms with Crippen molar-refractivity contribution in [1.29, 1.82) is 0 Å². The van der Waals surface area contributed by atoms with E-state index in [-0.39, 0.29) is 6.03 Å². The van der Waals surface area contributed by atoms with Crippen LogP contribution in [0.3, 0.4) is 0 Å². The van der Waals surface area contributed by atoms with Gasteiger partial charge in [-0.15, -0.1) is 0 Å². The number of likely N-dealkylation sites (tertiary alicyclic amines) is 2. The number of carbonyl (C=O) groups is 1. The monoisotopic (exact) mass is 253 g/mol. The molecule has 1 atom stereocenters. The third-order valence-electron chi connectivity index (χ3n) is 4.48. The minimum absolute atomic E-state index is 0.140. The quantitative estimate of drug-likeness (QED) is 0.816. The Morgan fingerprint density at radius 2 is 1.89 bits per heavy atom. The molecule has 2 aliphatic rings. The molecule has 1 N–H and O–H groups in total. The number of amides is 2. The van der Waals surface area contributed by atoms with Crippen LogP contribution in [0.15, 0.2) is 0 Å². The molecule has 0 spiro atoms. The highest BCUT2D eigenvalue weighted by atomic mass is 16.2. The highest BCUT2D eigenvalue weighted by Gasteiger charge is 2.23. The fourth-order valence-corrected chi connectivity index (χ4v) is 2.93. The van der Waals surface area contributed by atoms with Crippen molar-refractivity contribution in [2.75, 3.05) is 33.2 Å². The molecule has 0 bridgehead atoms. The van der Waals surface area contributed by atoms with Crippen LogP contribution in [0.1, 0.15) is 39.0 Å². The van der Waals surface area contributed by atoms with E-state index in [2.05, 4.69) is 24.2 Å². The first-order valence-corrected chi connectivity index (χ1v) is 7.40. The molecular formula is C14H27N3O. The summed E-state index contributed by atoms with van der Waals surface area (Å²) in [5, 5.41) is 3.11. The van der Waals surface area contributed by atoms with Gasteiger partial charge < -0.3 is 15.1 Å². The topological polar surface area (TPSA) is 35.6 Å². The van der Waals surface area contributed by atoms with Gasteiger partial charge in [-0.3, -0.25) is 0 Å². The van der Waals surface area contributed by atoms with E-state index in [1.54, 1.807) is 0 Å².